The van der Waals surface area contributed by atoms with Crippen LogP contribution in [0, 0.1) is 11.8 Å². The molecule has 138 valence electrons. The van der Waals surface area contributed by atoms with Gasteiger partial charge in [0.2, 0.25) is 0 Å². The highest BCUT2D eigenvalue weighted by Gasteiger charge is 2.16. The molecular weight excluding hydrogens is 328 g/mol. The summed E-state index contributed by atoms with van der Waals surface area (Å²) in [4.78, 5) is 12.4. The molecule has 0 aromatic heterocycles. The van der Waals surface area contributed by atoms with Crippen LogP contribution < -0.4 is 20.5 Å². The summed E-state index contributed by atoms with van der Waals surface area (Å²) < 4.78 is 11.0. The molecule has 1 aromatic rings. The Morgan fingerprint density at radius 2 is 1.83 bits per heavy atom. The summed E-state index contributed by atoms with van der Waals surface area (Å²) in [7, 11) is 1.57. The lowest BCUT2D eigenvalue weighted by molar-refractivity contribution is 0.0933. The number of ether oxygens (including phenoxy) is 2. The molecule has 0 saturated heterocycles. The van der Waals surface area contributed by atoms with Crippen molar-refractivity contribution in [3.63, 3.8) is 0 Å². The van der Waals surface area contributed by atoms with Gasteiger partial charge >= 0.3 is 0 Å². The minimum Gasteiger partial charge on any atom is -0.493 e. The Balaban J connectivity index is 0.00000529. The van der Waals surface area contributed by atoms with Gasteiger partial charge in [0, 0.05) is 18.2 Å². The highest BCUT2D eigenvalue weighted by atomic mass is 35.5. The summed E-state index contributed by atoms with van der Waals surface area (Å²) in [6.45, 7) is 9.41. The fourth-order valence-corrected chi connectivity index (χ4v) is 2.24. The molecule has 0 saturated carbocycles. The van der Waals surface area contributed by atoms with Crippen molar-refractivity contribution in [1.29, 1.82) is 0 Å². The van der Waals surface area contributed by atoms with Gasteiger partial charge in [0.05, 0.1) is 13.7 Å². The van der Waals surface area contributed by atoms with E-state index in [-0.39, 0.29) is 24.4 Å². The van der Waals surface area contributed by atoms with Gasteiger partial charge in [-0.15, -0.1) is 12.4 Å². The van der Waals surface area contributed by atoms with E-state index in [0.717, 1.165) is 6.42 Å². The first-order valence-corrected chi connectivity index (χ1v) is 8.19. The van der Waals surface area contributed by atoms with E-state index in [1.54, 1.807) is 25.3 Å². The van der Waals surface area contributed by atoms with Crippen LogP contribution in [0.2, 0.25) is 0 Å². The molecule has 0 aliphatic carbocycles. The third-order valence-corrected chi connectivity index (χ3v) is 3.37. The molecule has 5 nitrogen and oxygen atoms in total. The molecule has 0 aliphatic heterocycles. The minimum atomic E-state index is -0.144. The molecule has 24 heavy (non-hydrogen) atoms. The molecule has 1 unspecified atom stereocenters. The van der Waals surface area contributed by atoms with Gasteiger partial charge in [-0.3, -0.25) is 4.79 Å². The average Bonchev–Trinajstić information content (AvgIpc) is 2.51. The lowest BCUT2D eigenvalue weighted by Gasteiger charge is -2.19. The van der Waals surface area contributed by atoms with E-state index in [0.29, 0.717) is 42.0 Å². The summed E-state index contributed by atoms with van der Waals surface area (Å²) in [5.74, 6) is 1.96. The predicted molar refractivity (Wildman–Crippen MR) is 100 cm³/mol. The number of methoxy groups -OCH3 is 1. The van der Waals surface area contributed by atoms with Gasteiger partial charge in [-0.1, -0.05) is 27.7 Å². The van der Waals surface area contributed by atoms with Gasteiger partial charge in [0.25, 0.3) is 5.91 Å². The number of nitrogens with one attached hydrogen (secondary N) is 1. The summed E-state index contributed by atoms with van der Waals surface area (Å²) in [5, 5.41) is 2.98. The summed E-state index contributed by atoms with van der Waals surface area (Å²) in [6, 6.07) is 5.20. The summed E-state index contributed by atoms with van der Waals surface area (Å²) >= 11 is 0. The average molecular weight is 359 g/mol. The Labute approximate surface area is 151 Å². The number of amides is 1. The van der Waals surface area contributed by atoms with Crippen LogP contribution in [-0.2, 0) is 0 Å². The summed E-state index contributed by atoms with van der Waals surface area (Å²) in [6.07, 6.45) is 0.856. The molecule has 0 radical (unpaired) electrons. The summed E-state index contributed by atoms with van der Waals surface area (Å²) in [5.41, 5.74) is 6.28. The second kappa shape index (κ2) is 11.2. The van der Waals surface area contributed by atoms with Crippen LogP contribution in [0.3, 0.4) is 0 Å². The first kappa shape index (κ1) is 22.5. The Hall–Kier alpha value is -1.46. The minimum absolute atomic E-state index is 0. The van der Waals surface area contributed by atoms with Gasteiger partial charge in [0.1, 0.15) is 0 Å². The zero-order chi connectivity index (χ0) is 17.4. The monoisotopic (exact) mass is 358 g/mol. The van der Waals surface area contributed by atoms with Crippen molar-refractivity contribution in [3.05, 3.63) is 23.8 Å². The van der Waals surface area contributed by atoms with Crippen LogP contribution in [0.5, 0.6) is 11.5 Å². The van der Waals surface area contributed by atoms with E-state index >= 15 is 0 Å². The Kier molecular flexibility index (Phi) is 10.5. The zero-order valence-corrected chi connectivity index (χ0v) is 16.1. The molecule has 1 amide bonds. The maximum atomic E-state index is 12.4. The SMILES string of the molecule is COc1cc(C(=O)NC(CN)CC(C)C)ccc1OCC(C)C.Cl. The first-order chi connectivity index (χ1) is 10.9. The van der Waals surface area contributed by atoms with E-state index in [1.807, 2.05) is 0 Å². The molecule has 0 bridgehead atoms. The molecule has 3 N–H and O–H groups in total. The largest absolute Gasteiger partial charge is 0.493 e. The maximum Gasteiger partial charge on any atom is 0.251 e. The third kappa shape index (κ3) is 7.41. The van der Waals surface area contributed by atoms with Crippen molar-refractivity contribution in [3.8, 4) is 11.5 Å². The molecular formula is C18H31ClN2O3. The maximum absolute atomic E-state index is 12.4. The number of carbonyl (C=O) groups is 1. The number of hydrogen-bond acceptors (Lipinski definition) is 4. The number of halogens is 1. The van der Waals surface area contributed by atoms with Crippen LogP contribution in [0.4, 0.5) is 0 Å². The molecule has 0 heterocycles. The van der Waals surface area contributed by atoms with Crippen LogP contribution in [-0.4, -0.2) is 32.2 Å². The smallest absolute Gasteiger partial charge is 0.251 e. The molecule has 1 rings (SSSR count). The number of rotatable bonds is 9. The lowest BCUT2D eigenvalue weighted by Crippen LogP contribution is -2.41. The highest BCUT2D eigenvalue weighted by Crippen LogP contribution is 2.28. The second-order valence-electron chi connectivity index (χ2n) is 6.61. The fraction of sp³-hybridized carbons (Fsp3) is 0.611. The first-order valence-electron chi connectivity index (χ1n) is 8.19. The third-order valence-electron chi connectivity index (χ3n) is 3.37. The Morgan fingerprint density at radius 3 is 2.33 bits per heavy atom. The van der Waals surface area contributed by atoms with Crippen molar-refractivity contribution in [2.45, 2.75) is 40.2 Å². The number of benzene rings is 1. The Bertz CT molecular complexity index is 507. The van der Waals surface area contributed by atoms with Crippen molar-refractivity contribution in [2.75, 3.05) is 20.3 Å². The number of hydrogen-bond donors (Lipinski definition) is 2. The van der Waals surface area contributed by atoms with E-state index < -0.39 is 0 Å². The van der Waals surface area contributed by atoms with Crippen LogP contribution in [0.15, 0.2) is 18.2 Å². The predicted octanol–water partition coefficient (Wildman–Crippen LogP) is 3.26. The van der Waals surface area contributed by atoms with Gasteiger partial charge in [-0.2, -0.15) is 0 Å². The van der Waals surface area contributed by atoms with Gasteiger partial charge < -0.3 is 20.5 Å². The zero-order valence-electron chi connectivity index (χ0n) is 15.3. The topological polar surface area (TPSA) is 73.6 Å². The van der Waals surface area contributed by atoms with E-state index in [4.69, 9.17) is 15.2 Å². The van der Waals surface area contributed by atoms with Crippen LogP contribution >= 0.6 is 12.4 Å². The Morgan fingerprint density at radius 1 is 1.17 bits per heavy atom. The van der Waals surface area contributed by atoms with E-state index in [9.17, 15) is 4.79 Å². The normalized spacial score (nSPS) is 11.8. The van der Waals surface area contributed by atoms with Crippen molar-refractivity contribution >= 4 is 18.3 Å². The van der Waals surface area contributed by atoms with Crippen molar-refractivity contribution in [2.24, 2.45) is 17.6 Å². The van der Waals surface area contributed by atoms with Gasteiger partial charge in [-0.25, -0.2) is 0 Å². The number of nitrogens with two attached hydrogens (primary N) is 1. The van der Waals surface area contributed by atoms with Gasteiger partial charge in [-0.05, 0) is 36.5 Å². The van der Waals surface area contributed by atoms with E-state index in [1.165, 1.54) is 0 Å². The highest BCUT2D eigenvalue weighted by molar-refractivity contribution is 5.95. The van der Waals surface area contributed by atoms with Crippen molar-refractivity contribution < 1.29 is 14.3 Å². The molecule has 0 spiro atoms. The van der Waals surface area contributed by atoms with Crippen LogP contribution in [0.25, 0.3) is 0 Å². The standard InChI is InChI=1S/C18H30N2O3.ClH/c1-12(2)8-15(10-19)20-18(21)14-6-7-16(17(9-14)22-5)23-11-13(3)4;/h6-7,9,12-13,15H,8,10-11,19H2,1-5H3,(H,20,21);1H. The molecule has 6 heteroatoms. The van der Waals surface area contributed by atoms with E-state index in [2.05, 4.69) is 33.0 Å². The fourth-order valence-electron chi connectivity index (χ4n) is 2.24. The number of carbonyl (C=O) groups excluding carboxylic acids is 1. The molecule has 1 aromatic carbocycles. The molecule has 0 aliphatic rings. The van der Waals surface area contributed by atoms with Gasteiger partial charge in [0.15, 0.2) is 11.5 Å². The second-order valence-corrected chi connectivity index (χ2v) is 6.61. The van der Waals surface area contributed by atoms with Crippen LogP contribution in [0.1, 0.15) is 44.5 Å². The molecule has 1 atom stereocenters. The molecule has 0 fully saturated rings. The lowest BCUT2D eigenvalue weighted by atomic mass is 10.0. The van der Waals surface area contributed by atoms with Crippen molar-refractivity contribution in [1.82, 2.24) is 5.32 Å². The quantitative estimate of drug-likeness (QED) is 0.710.